The Morgan fingerprint density at radius 3 is 2.92 bits per heavy atom. The normalized spacial score (nSPS) is 21.1. The number of H-pyrrole nitrogens is 1. The van der Waals surface area contributed by atoms with Gasteiger partial charge in [0.15, 0.2) is 0 Å². The van der Waals surface area contributed by atoms with Crippen LogP contribution < -0.4 is 10.6 Å². The molecule has 3 aromatic rings. The van der Waals surface area contributed by atoms with Crippen LogP contribution in [0.3, 0.4) is 0 Å². The monoisotopic (exact) mass is 521 g/mol. The molecular formula is C28H32ClN5OS. The zero-order chi connectivity index (χ0) is 25.1. The van der Waals surface area contributed by atoms with Crippen LogP contribution in [-0.4, -0.2) is 53.7 Å². The van der Waals surface area contributed by atoms with Crippen LogP contribution in [0.5, 0.6) is 0 Å². The van der Waals surface area contributed by atoms with Gasteiger partial charge in [0.2, 0.25) is 5.91 Å². The fourth-order valence-corrected chi connectivity index (χ4v) is 5.93. The van der Waals surface area contributed by atoms with Crippen molar-refractivity contribution in [2.45, 2.75) is 26.7 Å². The van der Waals surface area contributed by atoms with Gasteiger partial charge in [0, 0.05) is 48.4 Å². The van der Waals surface area contributed by atoms with Crippen LogP contribution in [0.2, 0.25) is 5.02 Å². The van der Waals surface area contributed by atoms with Gasteiger partial charge in [-0.25, -0.2) is 0 Å². The first-order valence-electron chi connectivity index (χ1n) is 12.4. The lowest BCUT2D eigenvalue weighted by Gasteiger charge is -2.40. The number of nitrogens with one attached hydrogen (secondary N) is 3. The van der Waals surface area contributed by atoms with E-state index in [0.717, 1.165) is 60.6 Å². The highest BCUT2D eigenvalue weighted by atomic mass is 35.5. The standard InChI is InChI=1S/C28H32ClN5OS/c1-19-20(5-3-9-28(19,2)18-34-12-10-30-11-13-34)7-8-24-22-16-26(23(29)17-25(22)33-32-24)31-27(35)15-21-6-4-14-36-21/h3-8,14,16-17,30H,9-13,15,18H2,1-2H3,(H,31,35)(H,32,33)/b8-7+. The van der Waals surface area contributed by atoms with E-state index in [-0.39, 0.29) is 11.3 Å². The van der Waals surface area contributed by atoms with Crippen LogP contribution in [0.4, 0.5) is 5.69 Å². The largest absolute Gasteiger partial charge is 0.324 e. The van der Waals surface area contributed by atoms with Crippen LogP contribution in [0, 0.1) is 5.41 Å². The Bertz CT molecular complexity index is 1330. The van der Waals surface area contributed by atoms with Crippen molar-refractivity contribution in [1.82, 2.24) is 20.4 Å². The summed E-state index contributed by atoms with van der Waals surface area (Å²) in [5, 5.41) is 17.4. The van der Waals surface area contributed by atoms with Gasteiger partial charge in [0.1, 0.15) is 0 Å². The van der Waals surface area contributed by atoms with E-state index in [0.29, 0.717) is 17.1 Å². The predicted molar refractivity (Wildman–Crippen MR) is 151 cm³/mol. The van der Waals surface area contributed by atoms with Crippen molar-refractivity contribution < 1.29 is 4.79 Å². The van der Waals surface area contributed by atoms with E-state index < -0.39 is 0 Å². The first kappa shape index (κ1) is 25.0. The number of carbonyl (C=O) groups is 1. The number of hydrogen-bond donors (Lipinski definition) is 3. The SMILES string of the molecule is CC1=C(/C=C/c2n[nH]c3cc(Cl)c(NC(=O)Cc4cccs4)cc23)C=CCC1(C)CN1CCNCC1. The van der Waals surface area contributed by atoms with Crippen LogP contribution in [-0.2, 0) is 11.2 Å². The van der Waals surface area contributed by atoms with E-state index in [1.165, 1.54) is 11.1 Å². The third kappa shape index (κ3) is 5.49. The van der Waals surface area contributed by atoms with Gasteiger partial charge in [-0.05, 0) is 48.6 Å². The molecule has 0 radical (unpaired) electrons. The second kappa shape index (κ2) is 10.7. The minimum Gasteiger partial charge on any atom is -0.324 e. The highest BCUT2D eigenvalue weighted by Gasteiger charge is 2.31. The van der Waals surface area contributed by atoms with Gasteiger partial charge in [-0.15, -0.1) is 11.3 Å². The Morgan fingerprint density at radius 2 is 2.14 bits per heavy atom. The number of thiophene rings is 1. The maximum absolute atomic E-state index is 12.5. The molecule has 3 heterocycles. The van der Waals surface area contributed by atoms with Crippen molar-refractivity contribution in [2.24, 2.45) is 5.41 Å². The first-order chi connectivity index (χ1) is 17.4. The van der Waals surface area contributed by atoms with E-state index in [1.54, 1.807) is 11.3 Å². The van der Waals surface area contributed by atoms with Gasteiger partial charge >= 0.3 is 0 Å². The molecule has 6 nitrogen and oxygen atoms in total. The summed E-state index contributed by atoms with van der Waals surface area (Å²) < 4.78 is 0. The lowest BCUT2D eigenvalue weighted by atomic mass is 9.74. The fourth-order valence-electron chi connectivity index (χ4n) is 5.01. The quantitative estimate of drug-likeness (QED) is 0.375. The average Bonchev–Trinajstić information content (AvgIpc) is 3.51. The van der Waals surface area contributed by atoms with Crippen molar-refractivity contribution >= 4 is 51.5 Å². The number of piperazine rings is 1. The van der Waals surface area contributed by atoms with Gasteiger partial charge in [-0.3, -0.25) is 14.8 Å². The maximum atomic E-state index is 12.5. The number of aromatic amines is 1. The maximum Gasteiger partial charge on any atom is 0.229 e. The molecule has 188 valence electrons. The second-order valence-corrected chi connectivity index (χ2v) is 11.3. The van der Waals surface area contributed by atoms with Crippen LogP contribution >= 0.6 is 22.9 Å². The highest BCUT2D eigenvalue weighted by molar-refractivity contribution is 7.10. The van der Waals surface area contributed by atoms with Crippen molar-refractivity contribution in [1.29, 1.82) is 0 Å². The summed E-state index contributed by atoms with van der Waals surface area (Å²) in [7, 11) is 0. The molecule has 1 unspecified atom stereocenters. The lowest BCUT2D eigenvalue weighted by molar-refractivity contribution is -0.115. The summed E-state index contributed by atoms with van der Waals surface area (Å²) in [6, 6.07) is 7.62. The smallest absolute Gasteiger partial charge is 0.229 e. The summed E-state index contributed by atoms with van der Waals surface area (Å²) in [6.07, 6.45) is 10.1. The number of allylic oxidation sites excluding steroid dienone is 4. The van der Waals surface area contributed by atoms with E-state index in [9.17, 15) is 4.79 Å². The topological polar surface area (TPSA) is 73.0 Å². The molecule has 0 saturated carbocycles. The van der Waals surface area contributed by atoms with Gasteiger partial charge in [0.05, 0.1) is 28.3 Å². The first-order valence-corrected chi connectivity index (χ1v) is 13.7. The molecule has 1 aliphatic heterocycles. The summed E-state index contributed by atoms with van der Waals surface area (Å²) in [5.41, 5.74) is 5.01. The summed E-state index contributed by atoms with van der Waals surface area (Å²) >= 11 is 8.03. The van der Waals surface area contributed by atoms with E-state index >= 15 is 0 Å². The predicted octanol–water partition coefficient (Wildman–Crippen LogP) is 5.66. The zero-order valence-electron chi connectivity index (χ0n) is 20.7. The van der Waals surface area contributed by atoms with Crippen molar-refractivity contribution in [3.8, 4) is 0 Å². The molecule has 3 N–H and O–H groups in total. The van der Waals surface area contributed by atoms with Gasteiger partial charge in [-0.1, -0.05) is 48.4 Å². The number of fused-ring (bicyclic) bond motifs is 1. The number of halogens is 1. The molecular weight excluding hydrogens is 490 g/mol. The summed E-state index contributed by atoms with van der Waals surface area (Å²) in [6.45, 7) is 10.0. The van der Waals surface area contributed by atoms with Crippen LogP contribution in [0.15, 0.2) is 59.0 Å². The van der Waals surface area contributed by atoms with Crippen molar-refractivity contribution in [2.75, 3.05) is 38.0 Å². The number of benzene rings is 1. The Balaban J connectivity index is 1.36. The Hall–Kier alpha value is -2.71. The molecule has 1 saturated heterocycles. The molecule has 1 amide bonds. The summed E-state index contributed by atoms with van der Waals surface area (Å²) in [5.74, 6) is -0.0869. The van der Waals surface area contributed by atoms with Gasteiger partial charge in [0.25, 0.3) is 0 Å². The van der Waals surface area contributed by atoms with Gasteiger partial charge in [-0.2, -0.15) is 5.10 Å². The fraction of sp³-hybridized carbons (Fsp3) is 0.357. The minimum atomic E-state index is -0.0869. The molecule has 5 rings (SSSR count). The molecule has 0 spiro atoms. The molecule has 1 aliphatic carbocycles. The van der Waals surface area contributed by atoms with E-state index in [4.69, 9.17) is 11.6 Å². The van der Waals surface area contributed by atoms with E-state index in [2.05, 4.69) is 57.8 Å². The minimum absolute atomic E-state index is 0.0869. The third-order valence-electron chi connectivity index (χ3n) is 7.28. The molecule has 1 atom stereocenters. The Labute approximate surface area is 221 Å². The Kier molecular flexibility index (Phi) is 7.44. The number of aromatic nitrogens is 2. The number of anilines is 1. The Morgan fingerprint density at radius 1 is 1.31 bits per heavy atom. The van der Waals surface area contributed by atoms with Crippen LogP contribution in [0.25, 0.3) is 17.0 Å². The molecule has 1 aromatic carbocycles. The molecule has 2 aromatic heterocycles. The molecule has 1 fully saturated rings. The lowest BCUT2D eigenvalue weighted by Crippen LogP contribution is -2.48. The molecule has 8 heteroatoms. The molecule has 0 bridgehead atoms. The third-order valence-corrected chi connectivity index (χ3v) is 8.47. The number of carbonyl (C=O) groups excluding carboxylic acids is 1. The van der Waals surface area contributed by atoms with E-state index in [1.807, 2.05) is 35.7 Å². The molecule has 2 aliphatic rings. The van der Waals surface area contributed by atoms with Crippen molar-refractivity contribution in [3.05, 3.63) is 74.6 Å². The highest BCUT2D eigenvalue weighted by Crippen LogP contribution is 2.39. The van der Waals surface area contributed by atoms with Crippen molar-refractivity contribution in [3.63, 3.8) is 0 Å². The number of amides is 1. The number of hydrogen-bond acceptors (Lipinski definition) is 5. The average molecular weight is 522 g/mol. The molecule has 36 heavy (non-hydrogen) atoms. The number of rotatable bonds is 7. The second-order valence-electron chi connectivity index (χ2n) is 9.90. The summed E-state index contributed by atoms with van der Waals surface area (Å²) in [4.78, 5) is 16.1. The van der Waals surface area contributed by atoms with Crippen LogP contribution in [0.1, 0.15) is 30.8 Å². The van der Waals surface area contributed by atoms with Gasteiger partial charge < -0.3 is 10.6 Å². The zero-order valence-corrected chi connectivity index (χ0v) is 22.3. The number of nitrogens with zero attached hydrogens (tertiary/aromatic N) is 2.